The molecule has 1 amide bonds. The first kappa shape index (κ1) is 15.9. The number of amides is 1. The predicted molar refractivity (Wildman–Crippen MR) is 86.5 cm³/mol. The van der Waals surface area contributed by atoms with Crippen molar-refractivity contribution in [3.63, 3.8) is 0 Å². The van der Waals surface area contributed by atoms with E-state index in [1.807, 2.05) is 6.92 Å². The van der Waals surface area contributed by atoms with Gasteiger partial charge in [-0.2, -0.15) is 0 Å². The molecule has 8 heteroatoms. The summed E-state index contributed by atoms with van der Waals surface area (Å²) in [5, 5.41) is 0. The summed E-state index contributed by atoms with van der Waals surface area (Å²) in [4.78, 5) is 18.5. The summed E-state index contributed by atoms with van der Waals surface area (Å²) in [5.74, 6) is 0.452. The van der Waals surface area contributed by atoms with Gasteiger partial charge in [0, 0.05) is 18.2 Å². The molecule has 1 aromatic carbocycles. The highest BCUT2D eigenvalue weighted by molar-refractivity contribution is 7.90. The van der Waals surface area contributed by atoms with Crippen LogP contribution in [0.25, 0.3) is 0 Å². The van der Waals surface area contributed by atoms with Gasteiger partial charge >= 0.3 is 0 Å². The standard InChI is InChI=1S/C15H20N4O3S/c1-10-6-11(7-16)9-19(10)14(20)8-17-15-12-4-2-3-5-13(12)23(21,22)18-15/h2-5,10-11H,6-9,16H2,1H3,(H,17,18). The number of sulfonamides is 1. The smallest absolute Gasteiger partial charge is 0.263 e. The van der Waals surface area contributed by atoms with Gasteiger partial charge in [-0.05, 0) is 37.9 Å². The van der Waals surface area contributed by atoms with Crippen LogP contribution in [-0.2, 0) is 14.8 Å². The minimum Gasteiger partial charge on any atom is -0.338 e. The number of hydrogen-bond acceptors (Lipinski definition) is 5. The van der Waals surface area contributed by atoms with Crippen molar-refractivity contribution in [2.75, 3.05) is 19.6 Å². The molecule has 1 aromatic rings. The maximum absolute atomic E-state index is 12.3. The van der Waals surface area contributed by atoms with E-state index in [0.29, 0.717) is 24.6 Å². The molecular formula is C15H20N4O3S. The fourth-order valence-corrected chi connectivity index (χ4v) is 4.40. The maximum Gasteiger partial charge on any atom is 0.263 e. The van der Waals surface area contributed by atoms with Gasteiger partial charge in [0.1, 0.15) is 12.4 Å². The van der Waals surface area contributed by atoms with Gasteiger partial charge in [0.15, 0.2) is 0 Å². The molecule has 124 valence electrons. The van der Waals surface area contributed by atoms with Crippen LogP contribution in [0.5, 0.6) is 0 Å². The van der Waals surface area contributed by atoms with Crippen LogP contribution in [0.4, 0.5) is 0 Å². The average Bonchev–Trinajstić information content (AvgIpc) is 3.03. The second kappa shape index (κ2) is 5.93. The lowest BCUT2D eigenvalue weighted by Crippen LogP contribution is -2.36. The van der Waals surface area contributed by atoms with E-state index in [4.69, 9.17) is 5.73 Å². The van der Waals surface area contributed by atoms with Crippen LogP contribution in [0, 0.1) is 5.92 Å². The zero-order chi connectivity index (χ0) is 16.6. The number of hydrogen-bond donors (Lipinski definition) is 2. The van der Waals surface area contributed by atoms with Crippen LogP contribution in [0.2, 0.25) is 0 Å². The molecule has 0 spiro atoms. The normalized spacial score (nSPS) is 27.0. The number of aliphatic imine (C=N–C) groups is 1. The van der Waals surface area contributed by atoms with Gasteiger partial charge in [0.05, 0.1) is 4.90 Å². The van der Waals surface area contributed by atoms with Gasteiger partial charge in [-0.25, -0.2) is 8.42 Å². The van der Waals surface area contributed by atoms with Crippen LogP contribution < -0.4 is 10.5 Å². The molecule has 2 aliphatic rings. The Morgan fingerprint density at radius 1 is 1.43 bits per heavy atom. The Hall–Kier alpha value is -1.93. The fourth-order valence-electron chi connectivity index (χ4n) is 3.15. The molecule has 2 atom stereocenters. The molecule has 2 heterocycles. The van der Waals surface area contributed by atoms with Crippen LogP contribution in [0.3, 0.4) is 0 Å². The zero-order valence-corrected chi connectivity index (χ0v) is 13.7. The molecule has 3 N–H and O–H groups in total. The first-order chi connectivity index (χ1) is 10.9. The Kier molecular flexibility index (Phi) is 4.11. The largest absolute Gasteiger partial charge is 0.338 e. The zero-order valence-electron chi connectivity index (χ0n) is 12.9. The number of rotatable bonds is 3. The Balaban J connectivity index is 1.76. The lowest BCUT2D eigenvalue weighted by atomic mass is 10.1. The minimum absolute atomic E-state index is 0.0756. The third-order valence-electron chi connectivity index (χ3n) is 4.35. The molecule has 2 unspecified atom stereocenters. The van der Waals surface area contributed by atoms with Crippen LogP contribution in [0.1, 0.15) is 18.9 Å². The number of likely N-dealkylation sites (tertiary alicyclic amines) is 1. The third kappa shape index (κ3) is 2.96. The molecule has 23 heavy (non-hydrogen) atoms. The first-order valence-electron chi connectivity index (χ1n) is 7.58. The van der Waals surface area contributed by atoms with Crippen molar-refractivity contribution < 1.29 is 13.2 Å². The molecule has 0 bridgehead atoms. The van der Waals surface area contributed by atoms with Crippen LogP contribution >= 0.6 is 0 Å². The van der Waals surface area contributed by atoms with Crippen molar-refractivity contribution in [1.82, 2.24) is 9.62 Å². The van der Waals surface area contributed by atoms with Crippen LogP contribution in [0.15, 0.2) is 34.2 Å². The molecular weight excluding hydrogens is 316 g/mol. The maximum atomic E-state index is 12.3. The Labute approximate surface area is 135 Å². The monoisotopic (exact) mass is 336 g/mol. The van der Waals surface area contributed by atoms with E-state index in [-0.39, 0.29) is 29.2 Å². The number of carbonyl (C=O) groups excluding carboxylic acids is 1. The Morgan fingerprint density at radius 2 is 2.17 bits per heavy atom. The molecule has 2 aliphatic heterocycles. The van der Waals surface area contributed by atoms with Crippen molar-refractivity contribution in [1.29, 1.82) is 0 Å². The van der Waals surface area contributed by atoms with Gasteiger partial charge in [-0.1, -0.05) is 12.1 Å². The Bertz CT molecular complexity index is 760. The first-order valence-corrected chi connectivity index (χ1v) is 9.07. The lowest BCUT2D eigenvalue weighted by molar-refractivity contribution is -0.130. The third-order valence-corrected chi connectivity index (χ3v) is 5.75. The summed E-state index contributed by atoms with van der Waals surface area (Å²) in [6, 6.07) is 6.75. The van der Waals surface area contributed by atoms with Gasteiger partial charge in [-0.3, -0.25) is 14.5 Å². The number of benzene rings is 1. The van der Waals surface area contributed by atoms with Crippen molar-refractivity contribution >= 4 is 21.8 Å². The molecule has 1 saturated heterocycles. The molecule has 0 radical (unpaired) electrons. The number of carbonyl (C=O) groups is 1. The molecule has 0 saturated carbocycles. The average molecular weight is 336 g/mol. The minimum atomic E-state index is -3.57. The van der Waals surface area contributed by atoms with Crippen molar-refractivity contribution in [2.45, 2.75) is 24.3 Å². The highest BCUT2D eigenvalue weighted by Gasteiger charge is 2.33. The van der Waals surface area contributed by atoms with E-state index < -0.39 is 10.0 Å². The van der Waals surface area contributed by atoms with E-state index in [1.165, 1.54) is 6.07 Å². The van der Waals surface area contributed by atoms with Crippen molar-refractivity contribution in [3.8, 4) is 0 Å². The van der Waals surface area contributed by atoms with Gasteiger partial charge in [-0.15, -0.1) is 0 Å². The summed E-state index contributed by atoms with van der Waals surface area (Å²) in [5.41, 5.74) is 6.18. The summed E-state index contributed by atoms with van der Waals surface area (Å²) in [7, 11) is -3.57. The van der Waals surface area contributed by atoms with Gasteiger partial charge in [0.2, 0.25) is 5.91 Å². The number of amidine groups is 1. The molecule has 1 fully saturated rings. The van der Waals surface area contributed by atoms with Crippen molar-refractivity contribution in [2.24, 2.45) is 16.6 Å². The predicted octanol–water partition coefficient (Wildman–Crippen LogP) is -0.0792. The van der Waals surface area contributed by atoms with Gasteiger partial charge in [0.25, 0.3) is 10.0 Å². The highest BCUT2D eigenvalue weighted by atomic mass is 32.2. The topological polar surface area (TPSA) is 105 Å². The SMILES string of the molecule is CC1CC(CN)CN1C(=O)CN=C1NS(=O)(=O)c2ccccc21. The number of fused-ring (bicyclic) bond motifs is 1. The second-order valence-electron chi connectivity index (χ2n) is 6.00. The van der Waals surface area contributed by atoms with E-state index in [9.17, 15) is 13.2 Å². The van der Waals surface area contributed by atoms with Gasteiger partial charge < -0.3 is 10.6 Å². The number of nitrogens with one attached hydrogen (secondary N) is 1. The molecule has 3 rings (SSSR count). The molecule has 7 nitrogen and oxygen atoms in total. The summed E-state index contributed by atoms with van der Waals surface area (Å²) < 4.78 is 26.4. The van der Waals surface area contributed by atoms with Crippen molar-refractivity contribution in [3.05, 3.63) is 29.8 Å². The van der Waals surface area contributed by atoms with E-state index in [2.05, 4.69) is 9.71 Å². The summed E-state index contributed by atoms with van der Waals surface area (Å²) >= 11 is 0. The molecule has 0 aliphatic carbocycles. The highest BCUT2D eigenvalue weighted by Crippen LogP contribution is 2.24. The van der Waals surface area contributed by atoms with E-state index in [0.717, 1.165) is 6.42 Å². The fraction of sp³-hybridized carbons (Fsp3) is 0.467. The lowest BCUT2D eigenvalue weighted by Gasteiger charge is -2.20. The quantitative estimate of drug-likeness (QED) is 0.805. The Morgan fingerprint density at radius 3 is 2.87 bits per heavy atom. The molecule has 0 aromatic heterocycles. The van der Waals surface area contributed by atoms with Crippen LogP contribution in [-0.4, -0.2) is 50.7 Å². The van der Waals surface area contributed by atoms with E-state index >= 15 is 0 Å². The number of nitrogens with two attached hydrogens (primary N) is 1. The second-order valence-corrected chi connectivity index (χ2v) is 7.65. The summed E-state index contributed by atoms with van der Waals surface area (Å²) in [6.07, 6.45) is 0.897. The van der Waals surface area contributed by atoms with E-state index in [1.54, 1.807) is 23.1 Å². The number of nitrogens with zero attached hydrogens (tertiary/aromatic N) is 2. The summed E-state index contributed by atoms with van der Waals surface area (Å²) in [6.45, 7) is 3.13.